The van der Waals surface area contributed by atoms with Crippen LogP contribution in [0.25, 0.3) is 0 Å². The third kappa shape index (κ3) is 4.80. The third-order valence-corrected chi connectivity index (χ3v) is 7.30. The standard InChI is InChI=1S/C32H27ClN2O/c33-25-6-3-5-23(19-25)21-36-27-17-11-22(12-18-27)20-34-26-15-13-24(14-16-26)32-30-9-4-8-28(30)29-7-1-2-10-31(29)35-32/h1-8,10-20,28,30,32,35H,9,21H2/t28-,30+,32-/m0/s1. The Hall–Kier alpha value is -3.82. The molecule has 178 valence electrons. The summed E-state index contributed by atoms with van der Waals surface area (Å²) in [6.45, 7) is 0.486. The number of benzene rings is 4. The van der Waals surface area contributed by atoms with Gasteiger partial charge in [0.2, 0.25) is 0 Å². The summed E-state index contributed by atoms with van der Waals surface area (Å²) >= 11 is 6.04. The molecule has 0 saturated carbocycles. The van der Waals surface area contributed by atoms with Crippen molar-refractivity contribution >= 4 is 29.2 Å². The fourth-order valence-corrected chi connectivity index (χ4v) is 5.45. The Labute approximate surface area is 217 Å². The fourth-order valence-electron chi connectivity index (χ4n) is 5.23. The lowest BCUT2D eigenvalue weighted by Gasteiger charge is -2.37. The lowest BCUT2D eigenvalue weighted by molar-refractivity contribution is 0.306. The Morgan fingerprint density at radius 3 is 2.58 bits per heavy atom. The fraction of sp³-hybridized carbons (Fsp3) is 0.156. The van der Waals surface area contributed by atoms with Crippen LogP contribution < -0.4 is 10.1 Å². The summed E-state index contributed by atoms with van der Waals surface area (Å²) in [4.78, 5) is 4.68. The number of hydrogen-bond donors (Lipinski definition) is 1. The topological polar surface area (TPSA) is 33.6 Å². The number of hydrogen-bond acceptors (Lipinski definition) is 3. The van der Waals surface area contributed by atoms with Gasteiger partial charge in [-0.15, -0.1) is 0 Å². The van der Waals surface area contributed by atoms with Crippen LogP contribution in [0.2, 0.25) is 5.02 Å². The maximum atomic E-state index is 6.04. The highest BCUT2D eigenvalue weighted by atomic mass is 35.5. The normalized spacial score (nSPS) is 20.1. The van der Waals surface area contributed by atoms with Crippen molar-refractivity contribution in [1.29, 1.82) is 0 Å². The zero-order chi connectivity index (χ0) is 24.3. The molecule has 1 heterocycles. The Balaban J connectivity index is 1.10. The molecule has 1 aliphatic heterocycles. The van der Waals surface area contributed by atoms with Crippen LogP contribution in [0.15, 0.2) is 114 Å². The van der Waals surface area contributed by atoms with E-state index in [1.807, 2.05) is 54.7 Å². The van der Waals surface area contributed by atoms with Gasteiger partial charge in [0.25, 0.3) is 0 Å². The second kappa shape index (κ2) is 10.0. The molecule has 3 nitrogen and oxygen atoms in total. The van der Waals surface area contributed by atoms with E-state index >= 15 is 0 Å². The minimum Gasteiger partial charge on any atom is -0.489 e. The zero-order valence-electron chi connectivity index (χ0n) is 19.8. The van der Waals surface area contributed by atoms with Gasteiger partial charge < -0.3 is 10.1 Å². The maximum absolute atomic E-state index is 6.04. The molecule has 0 radical (unpaired) electrons. The average Bonchev–Trinajstić information content (AvgIpc) is 3.42. The highest BCUT2D eigenvalue weighted by Gasteiger charge is 2.37. The summed E-state index contributed by atoms with van der Waals surface area (Å²) in [6, 6.07) is 33.3. The van der Waals surface area contributed by atoms with Crippen LogP contribution in [0.1, 0.15) is 40.6 Å². The van der Waals surface area contributed by atoms with E-state index in [1.54, 1.807) is 0 Å². The smallest absolute Gasteiger partial charge is 0.119 e. The molecule has 2 aliphatic rings. The molecule has 1 aliphatic carbocycles. The summed E-state index contributed by atoms with van der Waals surface area (Å²) < 4.78 is 5.87. The van der Waals surface area contributed by atoms with E-state index < -0.39 is 0 Å². The van der Waals surface area contributed by atoms with Crippen LogP contribution in [-0.2, 0) is 6.61 Å². The van der Waals surface area contributed by atoms with E-state index in [-0.39, 0.29) is 0 Å². The minimum atomic E-state index is 0.303. The van der Waals surface area contributed by atoms with Crippen molar-refractivity contribution in [2.24, 2.45) is 10.9 Å². The van der Waals surface area contributed by atoms with Gasteiger partial charge in [-0.05, 0) is 89.2 Å². The lowest BCUT2D eigenvalue weighted by atomic mass is 9.77. The molecule has 0 spiro atoms. The van der Waals surface area contributed by atoms with Gasteiger partial charge >= 0.3 is 0 Å². The number of fused-ring (bicyclic) bond motifs is 3. The predicted molar refractivity (Wildman–Crippen MR) is 149 cm³/mol. The first-order valence-electron chi connectivity index (χ1n) is 12.4. The number of aliphatic imine (C=N–C) groups is 1. The van der Waals surface area contributed by atoms with Gasteiger partial charge in [-0.1, -0.05) is 66.2 Å². The van der Waals surface area contributed by atoms with Crippen molar-refractivity contribution in [1.82, 2.24) is 0 Å². The van der Waals surface area contributed by atoms with E-state index in [1.165, 1.54) is 16.8 Å². The summed E-state index contributed by atoms with van der Waals surface area (Å²) in [6.07, 6.45) is 7.71. The average molecular weight is 491 g/mol. The van der Waals surface area contributed by atoms with Gasteiger partial charge in [0.1, 0.15) is 12.4 Å². The Morgan fingerprint density at radius 2 is 1.75 bits per heavy atom. The largest absolute Gasteiger partial charge is 0.489 e. The number of anilines is 1. The van der Waals surface area contributed by atoms with Gasteiger partial charge in [-0.3, -0.25) is 4.99 Å². The van der Waals surface area contributed by atoms with Crippen molar-refractivity contribution in [2.75, 3.05) is 5.32 Å². The van der Waals surface area contributed by atoms with Crippen LogP contribution in [-0.4, -0.2) is 6.21 Å². The van der Waals surface area contributed by atoms with Crippen LogP contribution in [0.3, 0.4) is 0 Å². The molecule has 1 N–H and O–H groups in total. The highest BCUT2D eigenvalue weighted by Crippen LogP contribution is 2.49. The minimum absolute atomic E-state index is 0.303. The Bertz CT molecular complexity index is 1410. The number of para-hydroxylation sites is 1. The molecular formula is C32H27ClN2O. The van der Waals surface area contributed by atoms with E-state index in [9.17, 15) is 0 Å². The highest BCUT2D eigenvalue weighted by molar-refractivity contribution is 6.30. The monoisotopic (exact) mass is 490 g/mol. The van der Waals surface area contributed by atoms with Gasteiger partial charge in [0, 0.05) is 22.8 Å². The van der Waals surface area contributed by atoms with E-state index in [2.05, 4.69) is 71.0 Å². The number of nitrogens with zero attached hydrogens (tertiary/aromatic N) is 1. The van der Waals surface area contributed by atoms with Crippen LogP contribution in [0.5, 0.6) is 5.75 Å². The summed E-state index contributed by atoms with van der Waals surface area (Å²) in [7, 11) is 0. The SMILES string of the molecule is Clc1cccc(COc2ccc(C=Nc3ccc([C@@H]4Nc5ccccc5[C@@H]5C=CC[C@H]54)cc3)cc2)c1. The van der Waals surface area contributed by atoms with Crippen molar-refractivity contribution in [3.63, 3.8) is 0 Å². The molecule has 0 aromatic heterocycles. The molecule has 6 rings (SSSR count). The first-order valence-corrected chi connectivity index (χ1v) is 12.7. The molecule has 3 atom stereocenters. The van der Waals surface area contributed by atoms with Gasteiger partial charge in [0.15, 0.2) is 0 Å². The second-order valence-electron chi connectivity index (χ2n) is 9.40. The zero-order valence-corrected chi connectivity index (χ0v) is 20.6. The van der Waals surface area contributed by atoms with Crippen LogP contribution >= 0.6 is 11.6 Å². The van der Waals surface area contributed by atoms with E-state index in [4.69, 9.17) is 16.3 Å². The number of halogens is 1. The molecular weight excluding hydrogens is 464 g/mol. The molecule has 0 amide bonds. The molecule has 36 heavy (non-hydrogen) atoms. The first kappa shape index (κ1) is 22.6. The number of nitrogens with one attached hydrogen (secondary N) is 1. The van der Waals surface area contributed by atoms with Gasteiger partial charge in [0.05, 0.1) is 11.7 Å². The van der Waals surface area contributed by atoms with Crippen molar-refractivity contribution < 1.29 is 4.74 Å². The Morgan fingerprint density at radius 1 is 0.917 bits per heavy atom. The van der Waals surface area contributed by atoms with E-state index in [0.717, 1.165) is 34.0 Å². The summed E-state index contributed by atoms with van der Waals surface area (Å²) in [5.41, 5.74) is 6.98. The van der Waals surface area contributed by atoms with Crippen molar-refractivity contribution in [3.05, 3.63) is 136 Å². The molecule has 4 aromatic carbocycles. The first-order chi connectivity index (χ1) is 17.7. The number of rotatable bonds is 6. The van der Waals surface area contributed by atoms with E-state index in [0.29, 0.717) is 24.5 Å². The quantitative estimate of drug-likeness (QED) is 0.217. The molecule has 0 fully saturated rings. The van der Waals surface area contributed by atoms with Gasteiger partial charge in [-0.2, -0.15) is 0 Å². The summed E-state index contributed by atoms with van der Waals surface area (Å²) in [5.74, 6) is 1.86. The predicted octanol–water partition coefficient (Wildman–Crippen LogP) is 8.50. The van der Waals surface area contributed by atoms with Gasteiger partial charge in [-0.25, -0.2) is 0 Å². The van der Waals surface area contributed by atoms with Crippen molar-refractivity contribution in [2.45, 2.75) is 25.0 Å². The molecule has 0 unspecified atom stereocenters. The van der Waals surface area contributed by atoms with Crippen LogP contribution in [0, 0.1) is 5.92 Å². The molecule has 0 bridgehead atoms. The molecule has 4 aromatic rings. The molecule has 4 heteroatoms. The van der Waals surface area contributed by atoms with Crippen LogP contribution in [0.4, 0.5) is 11.4 Å². The van der Waals surface area contributed by atoms with Crippen molar-refractivity contribution in [3.8, 4) is 5.75 Å². The lowest BCUT2D eigenvalue weighted by Crippen LogP contribution is -2.28. The number of ether oxygens (including phenoxy) is 1. The number of allylic oxidation sites excluding steroid dienone is 2. The summed E-state index contributed by atoms with van der Waals surface area (Å²) in [5, 5.41) is 4.51. The molecule has 0 saturated heterocycles. The second-order valence-corrected chi connectivity index (χ2v) is 9.84. The maximum Gasteiger partial charge on any atom is 0.119 e. The third-order valence-electron chi connectivity index (χ3n) is 7.06. The Kier molecular flexibility index (Phi) is 6.31.